The highest BCUT2D eigenvalue weighted by Crippen LogP contribution is 2.22. The fourth-order valence-corrected chi connectivity index (χ4v) is 2.46. The van der Waals surface area contributed by atoms with Gasteiger partial charge in [0.05, 0.1) is 0 Å². The van der Waals surface area contributed by atoms with Crippen LogP contribution in [0.25, 0.3) is 0 Å². The van der Waals surface area contributed by atoms with Crippen molar-refractivity contribution in [2.45, 2.75) is 38.5 Å². The maximum Gasteiger partial charge on any atom is 0.220 e. The molecule has 1 fully saturated rings. The molecule has 0 saturated carbocycles. The average Bonchev–Trinajstić information content (AvgIpc) is 2.45. The summed E-state index contributed by atoms with van der Waals surface area (Å²) < 4.78 is 0. The molecule has 0 aliphatic carbocycles. The van der Waals surface area contributed by atoms with Crippen LogP contribution in [0.15, 0.2) is 6.07 Å². The fraction of sp³-hybridized carbons (Fsp3) is 0.643. The quantitative estimate of drug-likeness (QED) is 0.847. The zero-order chi connectivity index (χ0) is 13.7. The van der Waals surface area contributed by atoms with Crippen LogP contribution < -0.4 is 10.6 Å². The number of aromatic nitrogens is 2. The summed E-state index contributed by atoms with van der Waals surface area (Å²) in [7, 11) is 1.66. The molecule has 104 valence electrons. The summed E-state index contributed by atoms with van der Waals surface area (Å²) >= 11 is 0. The second-order valence-corrected chi connectivity index (χ2v) is 5.05. The van der Waals surface area contributed by atoms with Gasteiger partial charge in [-0.1, -0.05) is 0 Å². The van der Waals surface area contributed by atoms with Crippen LogP contribution in [0.4, 0.5) is 0 Å². The number of amides is 1. The van der Waals surface area contributed by atoms with Crippen molar-refractivity contribution in [2.75, 3.05) is 20.1 Å². The van der Waals surface area contributed by atoms with E-state index >= 15 is 0 Å². The molecule has 0 spiro atoms. The van der Waals surface area contributed by atoms with E-state index in [9.17, 15) is 4.79 Å². The van der Waals surface area contributed by atoms with Crippen molar-refractivity contribution in [1.29, 1.82) is 0 Å². The number of carbonyl (C=O) groups excluding carboxylic acids is 1. The summed E-state index contributed by atoms with van der Waals surface area (Å²) in [5.41, 5.74) is 2.09. The molecule has 0 bridgehead atoms. The lowest BCUT2D eigenvalue weighted by molar-refractivity contribution is -0.120. The third kappa shape index (κ3) is 3.99. The molecule has 1 amide bonds. The van der Waals surface area contributed by atoms with Gasteiger partial charge in [-0.05, 0) is 38.8 Å². The van der Waals surface area contributed by atoms with E-state index in [2.05, 4.69) is 26.7 Å². The Morgan fingerprint density at radius 1 is 1.53 bits per heavy atom. The molecule has 1 aliphatic heterocycles. The predicted octanol–water partition coefficient (Wildman–Crippen LogP) is 0.931. The Kier molecular flexibility index (Phi) is 4.85. The first-order valence-electron chi connectivity index (χ1n) is 6.95. The highest BCUT2D eigenvalue weighted by molar-refractivity contribution is 5.75. The molecule has 0 unspecified atom stereocenters. The van der Waals surface area contributed by atoms with Crippen molar-refractivity contribution in [3.05, 3.63) is 23.3 Å². The molecule has 0 aromatic carbocycles. The van der Waals surface area contributed by atoms with E-state index in [1.165, 1.54) is 12.8 Å². The van der Waals surface area contributed by atoms with Crippen molar-refractivity contribution >= 4 is 5.91 Å². The van der Waals surface area contributed by atoms with Gasteiger partial charge in [-0.2, -0.15) is 0 Å². The zero-order valence-electron chi connectivity index (χ0n) is 11.7. The Bertz CT molecular complexity index is 441. The van der Waals surface area contributed by atoms with Gasteiger partial charge in [0, 0.05) is 37.3 Å². The number of carbonyl (C=O) groups is 1. The van der Waals surface area contributed by atoms with Crippen LogP contribution in [0.1, 0.15) is 42.4 Å². The number of hydrogen-bond donors (Lipinski definition) is 2. The van der Waals surface area contributed by atoms with Gasteiger partial charge in [0.2, 0.25) is 5.91 Å². The Morgan fingerprint density at radius 2 is 2.37 bits per heavy atom. The van der Waals surface area contributed by atoms with Crippen LogP contribution in [0.5, 0.6) is 0 Å². The first-order valence-corrected chi connectivity index (χ1v) is 6.95. The van der Waals surface area contributed by atoms with Crippen LogP contribution in [0.3, 0.4) is 0 Å². The zero-order valence-corrected chi connectivity index (χ0v) is 11.7. The number of nitrogens with zero attached hydrogens (tertiary/aromatic N) is 2. The standard InChI is InChI=1S/C14H22N4O/c1-10-17-12(5-6-14(19)15-2)8-13(18-10)11-4-3-7-16-9-11/h8,11,16H,3-7,9H2,1-2H3,(H,15,19)/t11-/m0/s1. The number of aryl methyl sites for hydroxylation is 2. The van der Waals surface area contributed by atoms with Crippen molar-refractivity contribution in [2.24, 2.45) is 0 Å². The normalized spacial score (nSPS) is 19.2. The minimum Gasteiger partial charge on any atom is -0.359 e. The van der Waals surface area contributed by atoms with Crippen molar-refractivity contribution in [1.82, 2.24) is 20.6 Å². The smallest absolute Gasteiger partial charge is 0.220 e. The molecule has 19 heavy (non-hydrogen) atoms. The Balaban J connectivity index is 2.07. The van der Waals surface area contributed by atoms with Gasteiger partial charge in [-0.15, -0.1) is 0 Å². The van der Waals surface area contributed by atoms with Crippen LogP contribution in [0, 0.1) is 6.92 Å². The molecule has 5 heteroatoms. The molecule has 2 N–H and O–H groups in total. The topological polar surface area (TPSA) is 66.9 Å². The SMILES string of the molecule is CNC(=O)CCc1cc([C@H]2CCCNC2)nc(C)n1. The van der Waals surface area contributed by atoms with Gasteiger partial charge in [0.25, 0.3) is 0 Å². The molecule has 1 saturated heterocycles. The van der Waals surface area contributed by atoms with Gasteiger partial charge < -0.3 is 10.6 Å². The Labute approximate surface area is 114 Å². The summed E-state index contributed by atoms with van der Waals surface area (Å²) in [5, 5.41) is 6.04. The van der Waals surface area contributed by atoms with E-state index in [0.717, 1.165) is 30.3 Å². The van der Waals surface area contributed by atoms with E-state index in [-0.39, 0.29) is 5.91 Å². The Hall–Kier alpha value is -1.49. The first kappa shape index (κ1) is 13.9. The van der Waals surface area contributed by atoms with Gasteiger partial charge in [-0.3, -0.25) is 4.79 Å². The minimum absolute atomic E-state index is 0.0529. The molecular weight excluding hydrogens is 240 g/mol. The third-order valence-electron chi connectivity index (χ3n) is 3.51. The molecule has 0 radical (unpaired) electrons. The average molecular weight is 262 g/mol. The Morgan fingerprint density at radius 3 is 3.05 bits per heavy atom. The lowest BCUT2D eigenvalue weighted by atomic mass is 9.95. The summed E-state index contributed by atoms with van der Waals surface area (Å²) in [6.07, 6.45) is 3.53. The summed E-state index contributed by atoms with van der Waals surface area (Å²) in [4.78, 5) is 20.3. The van der Waals surface area contributed by atoms with Crippen LogP contribution in [0.2, 0.25) is 0 Å². The lowest BCUT2D eigenvalue weighted by Gasteiger charge is -2.22. The molecule has 1 atom stereocenters. The highest BCUT2D eigenvalue weighted by atomic mass is 16.1. The second-order valence-electron chi connectivity index (χ2n) is 5.05. The van der Waals surface area contributed by atoms with Gasteiger partial charge in [-0.25, -0.2) is 9.97 Å². The van der Waals surface area contributed by atoms with Crippen molar-refractivity contribution < 1.29 is 4.79 Å². The molecule has 1 aromatic rings. The van der Waals surface area contributed by atoms with Crippen molar-refractivity contribution in [3.63, 3.8) is 0 Å². The van der Waals surface area contributed by atoms with E-state index in [0.29, 0.717) is 18.8 Å². The van der Waals surface area contributed by atoms with Crippen LogP contribution >= 0.6 is 0 Å². The molecule has 5 nitrogen and oxygen atoms in total. The molecule has 2 heterocycles. The van der Waals surface area contributed by atoms with E-state index in [1.54, 1.807) is 7.05 Å². The van der Waals surface area contributed by atoms with Gasteiger partial charge >= 0.3 is 0 Å². The highest BCUT2D eigenvalue weighted by Gasteiger charge is 2.17. The van der Waals surface area contributed by atoms with Gasteiger partial charge in [0.15, 0.2) is 0 Å². The van der Waals surface area contributed by atoms with E-state index in [4.69, 9.17) is 0 Å². The summed E-state index contributed by atoms with van der Waals surface area (Å²) in [5.74, 6) is 1.33. The first-order chi connectivity index (χ1) is 9.19. The maximum absolute atomic E-state index is 11.3. The number of piperidine rings is 1. The third-order valence-corrected chi connectivity index (χ3v) is 3.51. The fourth-order valence-electron chi connectivity index (χ4n) is 2.46. The molecular formula is C14H22N4O. The monoisotopic (exact) mass is 262 g/mol. The second kappa shape index (κ2) is 6.61. The number of nitrogens with one attached hydrogen (secondary N) is 2. The number of rotatable bonds is 4. The van der Waals surface area contributed by atoms with Crippen molar-refractivity contribution in [3.8, 4) is 0 Å². The molecule has 2 rings (SSSR count). The molecule has 1 aromatic heterocycles. The van der Waals surface area contributed by atoms with Crippen LogP contribution in [-0.4, -0.2) is 36.0 Å². The predicted molar refractivity (Wildman–Crippen MR) is 74.0 cm³/mol. The van der Waals surface area contributed by atoms with Crippen LogP contribution in [-0.2, 0) is 11.2 Å². The largest absolute Gasteiger partial charge is 0.359 e. The summed E-state index contributed by atoms with van der Waals surface area (Å²) in [6.45, 7) is 4.01. The molecule has 1 aliphatic rings. The minimum atomic E-state index is 0.0529. The lowest BCUT2D eigenvalue weighted by Crippen LogP contribution is -2.29. The van der Waals surface area contributed by atoms with E-state index < -0.39 is 0 Å². The van der Waals surface area contributed by atoms with Gasteiger partial charge in [0.1, 0.15) is 5.82 Å². The number of hydrogen-bond acceptors (Lipinski definition) is 4. The summed E-state index contributed by atoms with van der Waals surface area (Å²) in [6, 6.07) is 2.06. The maximum atomic E-state index is 11.3. The van der Waals surface area contributed by atoms with E-state index in [1.807, 2.05) is 6.92 Å².